The van der Waals surface area contributed by atoms with Gasteiger partial charge in [-0.25, -0.2) is 0 Å². The number of ether oxygens (including phenoxy) is 2. The topological polar surface area (TPSA) is 98.3 Å². The van der Waals surface area contributed by atoms with E-state index in [-0.39, 0.29) is 23.1 Å². The number of nitrogens with one attached hydrogen (secondary N) is 2. The number of methoxy groups -OCH3 is 1. The maximum absolute atomic E-state index is 11.8. The van der Waals surface area contributed by atoms with E-state index in [0.29, 0.717) is 19.8 Å². The van der Waals surface area contributed by atoms with Gasteiger partial charge in [-0.1, -0.05) is 6.92 Å². The summed E-state index contributed by atoms with van der Waals surface area (Å²) in [5.74, 6) is -0.00453. The molecule has 1 atom stereocenters. The molecular formula is C12H20ClN5O3. The van der Waals surface area contributed by atoms with Gasteiger partial charge in [0.15, 0.2) is 0 Å². The maximum atomic E-state index is 11.8. The Hall–Kier alpha value is -1.67. The molecule has 0 aliphatic rings. The fourth-order valence-electron chi connectivity index (χ4n) is 1.34. The van der Waals surface area contributed by atoms with Gasteiger partial charge >= 0.3 is 6.01 Å². The number of anilines is 1. The van der Waals surface area contributed by atoms with Crippen LogP contribution < -0.4 is 15.4 Å². The van der Waals surface area contributed by atoms with E-state index in [1.807, 2.05) is 6.92 Å². The third-order valence-electron chi connectivity index (χ3n) is 2.37. The van der Waals surface area contributed by atoms with E-state index < -0.39 is 6.04 Å². The molecule has 0 saturated carbocycles. The highest BCUT2D eigenvalue weighted by atomic mass is 35.5. The normalized spacial score (nSPS) is 11.8. The largest absolute Gasteiger partial charge is 0.463 e. The van der Waals surface area contributed by atoms with Crippen LogP contribution in [0.2, 0.25) is 5.28 Å². The number of carbonyl (C=O) groups is 1. The molecule has 0 bridgehead atoms. The van der Waals surface area contributed by atoms with Crippen molar-refractivity contribution in [2.75, 3.05) is 32.2 Å². The molecule has 1 aromatic heterocycles. The quantitative estimate of drug-likeness (QED) is 0.652. The molecule has 1 unspecified atom stereocenters. The molecule has 1 heterocycles. The number of aromatic nitrogens is 3. The number of hydrogen-bond acceptors (Lipinski definition) is 7. The van der Waals surface area contributed by atoms with Gasteiger partial charge in [-0.3, -0.25) is 4.79 Å². The molecule has 0 radical (unpaired) electrons. The van der Waals surface area contributed by atoms with Crippen molar-refractivity contribution in [3.8, 4) is 6.01 Å². The van der Waals surface area contributed by atoms with Gasteiger partial charge in [0.2, 0.25) is 17.1 Å². The molecular weight excluding hydrogens is 298 g/mol. The molecule has 8 nitrogen and oxygen atoms in total. The standard InChI is InChI=1S/C12H20ClN5O3/c1-4-6-21-12-17-10(13)16-11(18-12)15-8(2)9(19)14-5-7-20-3/h8H,4-7H2,1-3H3,(H,14,19)(H,15,16,17,18). The van der Waals surface area contributed by atoms with E-state index in [4.69, 9.17) is 21.1 Å². The Balaban J connectivity index is 2.60. The molecule has 21 heavy (non-hydrogen) atoms. The molecule has 9 heteroatoms. The first-order valence-corrected chi connectivity index (χ1v) is 7.02. The highest BCUT2D eigenvalue weighted by Crippen LogP contribution is 2.12. The predicted molar refractivity (Wildman–Crippen MR) is 78.6 cm³/mol. The van der Waals surface area contributed by atoms with Crippen molar-refractivity contribution < 1.29 is 14.3 Å². The van der Waals surface area contributed by atoms with Crippen LogP contribution in [0.25, 0.3) is 0 Å². The van der Waals surface area contributed by atoms with Crippen molar-refractivity contribution in [3.63, 3.8) is 0 Å². The van der Waals surface area contributed by atoms with E-state index in [9.17, 15) is 4.79 Å². The Kier molecular flexibility index (Phi) is 7.70. The van der Waals surface area contributed by atoms with E-state index in [0.717, 1.165) is 6.42 Å². The molecule has 0 fully saturated rings. The third kappa shape index (κ3) is 6.54. The highest BCUT2D eigenvalue weighted by molar-refractivity contribution is 6.28. The van der Waals surface area contributed by atoms with Crippen LogP contribution >= 0.6 is 11.6 Å². The number of halogens is 1. The average Bonchev–Trinajstić information content (AvgIpc) is 2.44. The lowest BCUT2D eigenvalue weighted by Gasteiger charge is -2.14. The van der Waals surface area contributed by atoms with Gasteiger partial charge in [0.05, 0.1) is 13.2 Å². The molecule has 1 aromatic rings. The Bertz CT molecular complexity index is 461. The number of hydrogen-bond donors (Lipinski definition) is 2. The zero-order valence-electron chi connectivity index (χ0n) is 12.4. The van der Waals surface area contributed by atoms with Crippen molar-refractivity contribution in [1.29, 1.82) is 0 Å². The van der Waals surface area contributed by atoms with Gasteiger partial charge in [0, 0.05) is 13.7 Å². The first-order chi connectivity index (χ1) is 10.1. The van der Waals surface area contributed by atoms with Crippen molar-refractivity contribution in [2.45, 2.75) is 26.3 Å². The summed E-state index contributed by atoms with van der Waals surface area (Å²) in [6, 6.07) is -0.398. The van der Waals surface area contributed by atoms with E-state index in [2.05, 4.69) is 25.6 Å². The Morgan fingerprint density at radius 1 is 1.33 bits per heavy atom. The lowest BCUT2D eigenvalue weighted by molar-refractivity contribution is -0.121. The van der Waals surface area contributed by atoms with Crippen LogP contribution in [0.3, 0.4) is 0 Å². The Morgan fingerprint density at radius 3 is 2.76 bits per heavy atom. The summed E-state index contributed by atoms with van der Waals surface area (Å²) in [6.07, 6.45) is 0.824. The zero-order valence-corrected chi connectivity index (χ0v) is 13.1. The van der Waals surface area contributed by atoms with Crippen LogP contribution in [-0.2, 0) is 9.53 Å². The Labute approximate surface area is 128 Å². The summed E-state index contributed by atoms with van der Waals surface area (Å²) in [6.45, 7) is 5.02. The number of carbonyl (C=O) groups excluding carboxylic acids is 1. The van der Waals surface area contributed by atoms with Gasteiger partial charge < -0.3 is 20.1 Å². The van der Waals surface area contributed by atoms with Crippen molar-refractivity contribution in [1.82, 2.24) is 20.3 Å². The maximum Gasteiger partial charge on any atom is 0.322 e. The van der Waals surface area contributed by atoms with Crippen molar-refractivity contribution >= 4 is 23.5 Å². The van der Waals surface area contributed by atoms with Crippen LogP contribution in [0.5, 0.6) is 6.01 Å². The molecule has 118 valence electrons. The molecule has 0 spiro atoms. The summed E-state index contributed by atoms with van der Waals surface area (Å²) >= 11 is 5.80. The first-order valence-electron chi connectivity index (χ1n) is 6.64. The molecule has 1 rings (SSSR count). The van der Waals surface area contributed by atoms with Crippen LogP contribution in [-0.4, -0.2) is 53.8 Å². The smallest absolute Gasteiger partial charge is 0.322 e. The summed E-state index contributed by atoms with van der Waals surface area (Å²) in [5, 5.41) is 5.56. The Morgan fingerprint density at radius 2 is 2.10 bits per heavy atom. The number of amides is 1. The first kappa shape index (κ1) is 17.4. The van der Waals surface area contributed by atoms with Gasteiger partial charge in [-0.2, -0.15) is 15.0 Å². The summed E-state index contributed by atoms with van der Waals surface area (Å²) in [4.78, 5) is 23.6. The SMILES string of the molecule is CCCOc1nc(Cl)nc(NC(C)C(=O)NCCOC)n1. The minimum absolute atomic E-state index is 0.00518. The molecule has 0 aliphatic heterocycles. The second-order valence-corrected chi connectivity index (χ2v) is 4.55. The van der Waals surface area contributed by atoms with Gasteiger partial charge in [-0.05, 0) is 24.9 Å². The molecule has 0 aliphatic carbocycles. The minimum Gasteiger partial charge on any atom is -0.463 e. The number of rotatable bonds is 9. The monoisotopic (exact) mass is 317 g/mol. The average molecular weight is 318 g/mol. The van der Waals surface area contributed by atoms with Gasteiger partial charge in [0.25, 0.3) is 0 Å². The number of nitrogens with zero attached hydrogens (tertiary/aromatic N) is 3. The lowest BCUT2D eigenvalue weighted by atomic mass is 10.3. The molecule has 0 saturated heterocycles. The van der Waals surface area contributed by atoms with Gasteiger partial charge in [-0.15, -0.1) is 0 Å². The van der Waals surface area contributed by atoms with E-state index >= 15 is 0 Å². The van der Waals surface area contributed by atoms with Crippen molar-refractivity contribution in [2.24, 2.45) is 0 Å². The highest BCUT2D eigenvalue weighted by Gasteiger charge is 2.15. The van der Waals surface area contributed by atoms with Gasteiger partial charge in [0.1, 0.15) is 6.04 Å². The van der Waals surface area contributed by atoms with Crippen LogP contribution in [0, 0.1) is 0 Å². The molecule has 0 aromatic carbocycles. The minimum atomic E-state index is -0.528. The lowest BCUT2D eigenvalue weighted by Crippen LogP contribution is -2.39. The fourth-order valence-corrected chi connectivity index (χ4v) is 1.50. The second-order valence-electron chi connectivity index (χ2n) is 4.21. The predicted octanol–water partition coefficient (Wildman–Crippen LogP) is 0.877. The molecule has 2 N–H and O–H groups in total. The van der Waals surface area contributed by atoms with Crippen LogP contribution in [0.4, 0.5) is 5.95 Å². The summed E-state index contributed by atoms with van der Waals surface area (Å²) in [7, 11) is 1.57. The fraction of sp³-hybridized carbons (Fsp3) is 0.667. The summed E-state index contributed by atoms with van der Waals surface area (Å²) < 4.78 is 10.2. The van der Waals surface area contributed by atoms with E-state index in [1.165, 1.54) is 0 Å². The van der Waals surface area contributed by atoms with E-state index in [1.54, 1.807) is 14.0 Å². The molecule has 1 amide bonds. The van der Waals surface area contributed by atoms with Crippen LogP contribution in [0.15, 0.2) is 0 Å². The van der Waals surface area contributed by atoms with Crippen LogP contribution in [0.1, 0.15) is 20.3 Å². The second kappa shape index (κ2) is 9.30. The summed E-state index contributed by atoms with van der Waals surface area (Å²) in [5.41, 5.74) is 0. The zero-order chi connectivity index (χ0) is 15.7. The third-order valence-corrected chi connectivity index (χ3v) is 2.54. The van der Waals surface area contributed by atoms with Crippen molar-refractivity contribution in [3.05, 3.63) is 5.28 Å².